The highest BCUT2D eigenvalue weighted by Gasteiger charge is 2.23. The van der Waals surface area contributed by atoms with Gasteiger partial charge < -0.3 is 20.3 Å². The number of amides is 1. The lowest BCUT2D eigenvalue weighted by molar-refractivity contribution is -0.151. The zero-order valence-corrected chi connectivity index (χ0v) is 33.9. The van der Waals surface area contributed by atoms with E-state index in [1.807, 2.05) is 48.6 Å². The fourth-order valence-electron chi connectivity index (χ4n) is 6.22. The van der Waals surface area contributed by atoms with Crippen molar-refractivity contribution >= 4 is 11.9 Å². The molecule has 0 bridgehead atoms. The lowest BCUT2D eigenvalue weighted by Crippen LogP contribution is -2.46. The molecule has 0 saturated heterocycles. The van der Waals surface area contributed by atoms with Gasteiger partial charge >= 0.3 is 5.97 Å². The van der Waals surface area contributed by atoms with Crippen molar-refractivity contribution in [1.82, 2.24) is 5.32 Å². The Bertz CT molecular complexity index is 952. The van der Waals surface area contributed by atoms with Crippen molar-refractivity contribution in [2.75, 3.05) is 6.61 Å². The third kappa shape index (κ3) is 34.6. The predicted octanol–water partition coefficient (Wildman–Crippen LogP) is 12.1. The van der Waals surface area contributed by atoms with Crippen molar-refractivity contribution in [3.8, 4) is 0 Å². The Morgan fingerprint density at radius 1 is 0.577 bits per heavy atom. The quantitative estimate of drug-likeness (QED) is 0.0336. The van der Waals surface area contributed by atoms with Gasteiger partial charge in [-0.2, -0.15) is 0 Å². The van der Waals surface area contributed by atoms with Gasteiger partial charge in [0, 0.05) is 6.42 Å². The fraction of sp³-hybridized carbons (Fsp3) is 0.739. The van der Waals surface area contributed by atoms with Gasteiger partial charge in [-0.1, -0.05) is 204 Å². The number of allylic oxidation sites excluding steroid dienone is 10. The second-order valence-corrected chi connectivity index (χ2v) is 14.5. The number of carbonyl (C=O) groups excluding carboxylic acids is 2. The number of nitrogens with one attached hydrogen (secondary N) is 1. The topological polar surface area (TPSA) is 95.9 Å². The highest BCUT2D eigenvalue weighted by molar-refractivity contribution is 5.77. The lowest BCUT2D eigenvalue weighted by Gasteiger charge is -2.24. The highest BCUT2D eigenvalue weighted by Crippen LogP contribution is 2.16. The summed E-state index contributed by atoms with van der Waals surface area (Å²) in [4.78, 5) is 25.9. The maximum Gasteiger partial charge on any atom is 0.306 e. The Kier molecular flexibility index (Phi) is 37.9. The monoisotopic (exact) mass is 728 g/mol. The minimum Gasteiger partial charge on any atom is -0.462 e. The molecule has 0 fully saturated rings. The molecule has 0 saturated carbocycles. The molecule has 0 spiro atoms. The largest absolute Gasteiger partial charge is 0.462 e. The van der Waals surface area contributed by atoms with Crippen LogP contribution in [0.1, 0.15) is 194 Å². The molecule has 0 aliphatic carbocycles. The van der Waals surface area contributed by atoms with Crippen LogP contribution >= 0.6 is 0 Å². The molecule has 3 unspecified atom stereocenters. The number of rotatable bonds is 37. The Hall–Kier alpha value is -2.44. The van der Waals surface area contributed by atoms with Crippen molar-refractivity contribution in [2.24, 2.45) is 0 Å². The van der Waals surface area contributed by atoms with Crippen LogP contribution in [-0.4, -0.2) is 46.9 Å². The second kappa shape index (κ2) is 39.8. The van der Waals surface area contributed by atoms with Gasteiger partial charge in [0.25, 0.3) is 0 Å². The molecule has 6 heteroatoms. The number of aliphatic hydroxyl groups excluding tert-OH is 2. The van der Waals surface area contributed by atoms with Crippen LogP contribution < -0.4 is 5.32 Å². The first kappa shape index (κ1) is 49.6. The van der Waals surface area contributed by atoms with Gasteiger partial charge in [-0.25, -0.2) is 0 Å². The van der Waals surface area contributed by atoms with Crippen LogP contribution in [0, 0.1) is 0 Å². The van der Waals surface area contributed by atoms with Crippen LogP contribution in [0.15, 0.2) is 60.8 Å². The molecule has 0 aromatic rings. The summed E-state index contributed by atoms with van der Waals surface area (Å²) in [5, 5.41) is 23.5. The molecule has 0 aliphatic heterocycles. The van der Waals surface area contributed by atoms with Gasteiger partial charge in [0.05, 0.1) is 25.2 Å². The van der Waals surface area contributed by atoms with E-state index in [9.17, 15) is 19.8 Å². The normalized spacial score (nSPS) is 14.0. The van der Waals surface area contributed by atoms with E-state index in [-0.39, 0.29) is 24.9 Å². The summed E-state index contributed by atoms with van der Waals surface area (Å²) in [6.45, 7) is 6.27. The van der Waals surface area contributed by atoms with Gasteiger partial charge in [0.2, 0.25) is 5.91 Å². The fourth-order valence-corrected chi connectivity index (χ4v) is 6.22. The van der Waals surface area contributed by atoms with Gasteiger partial charge in [-0.3, -0.25) is 9.59 Å². The number of esters is 1. The molecule has 0 radical (unpaired) electrons. The van der Waals surface area contributed by atoms with Crippen molar-refractivity contribution in [3.05, 3.63) is 60.8 Å². The molecule has 0 rings (SSSR count). The summed E-state index contributed by atoms with van der Waals surface area (Å²) in [5.41, 5.74) is 0. The summed E-state index contributed by atoms with van der Waals surface area (Å²) >= 11 is 0. The summed E-state index contributed by atoms with van der Waals surface area (Å²) in [7, 11) is 0. The Morgan fingerprint density at radius 2 is 1.04 bits per heavy atom. The Morgan fingerprint density at radius 3 is 1.54 bits per heavy atom. The molecule has 1 amide bonds. The van der Waals surface area contributed by atoms with E-state index in [1.54, 1.807) is 0 Å². The predicted molar refractivity (Wildman–Crippen MR) is 222 cm³/mol. The van der Waals surface area contributed by atoms with E-state index >= 15 is 0 Å². The third-order valence-electron chi connectivity index (χ3n) is 9.49. The van der Waals surface area contributed by atoms with E-state index < -0.39 is 18.2 Å². The summed E-state index contributed by atoms with van der Waals surface area (Å²) < 4.78 is 5.84. The second-order valence-electron chi connectivity index (χ2n) is 14.5. The maximum atomic E-state index is 13.1. The van der Waals surface area contributed by atoms with E-state index in [0.717, 1.165) is 57.8 Å². The molecule has 0 aromatic carbocycles. The molecule has 6 nitrogen and oxygen atoms in total. The molecule has 3 N–H and O–H groups in total. The summed E-state index contributed by atoms with van der Waals surface area (Å²) in [6, 6.07) is -0.721. The van der Waals surface area contributed by atoms with Crippen LogP contribution in [0.4, 0.5) is 0 Å². The molecule has 52 heavy (non-hydrogen) atoms. The molecular formula is C46H81NO5. The number of hydrogen-bond acceptors (Lipinski definition) is 5. The van der Waals surface area contributed by atoms with Crippen molar-refractivity contribution in [3.63, 3.8) is 0 Å². The number of aliphatic hydroxyl groups is 2. The third-order valence-corrected chi connectivity index (χ3v) is 9.49. The van der Waals surface area contributed by atoms with Crippen LogP contribution in [0.25, 0.3) is 0 Å². The standard InChI is InChI=1S/C46H81NO5/c1-4-7-10-13-16-19-22-23-24-25-28-31-34-37-42(52-46(51)39-36-33-30-27-21-18-15-12-9-6-3)40-45(50)47-43(41-48)44(49)38-35-32-29-26-20-17-14-11-8-5-2/h7,10,13,16,19,22-25,28,42-44,48-49H,4-6,8-9,11-12,14-15,17-18,20-21,26-27,29-41H2,1-3H3,(H,47,50)/b10-7+,16-13+,22-19-,24-23-,28-25+. The first-order valence-electron chi connectivity index (χ1n) is 21.6. The van der Waals surface area contributed by atoms with Gasteiger partial charge in [0.1, 0.15) is 6.10 Å². The molecule has 3 atom stereocenters. The van der Waals surface area contributed by atoms with Gasteiger partial charge in [-0.15, -0.1) is 0 Å². The lowest BCUT2D eigenvalue weighted by atomic mass is 10.0. The Balaban J connectivity index is 4.76. The number of ether oxygens (including phenoxy) is 1. The maximum absolute atomic E-state index is 13.1. The van der Waals surface area contributed by atoms with E-state index in [0.29, 0.717) is 19.3 Å². The van der Waals surface area contributed by atoms with Crippen molar-refractivity contribution < 1.29 is 24.5 Å². The molecule has 0 aliphatic rings. The smallest absolute Gasteiger partial charge is 0.306 e. The SMILES string of the molecule is CC/C=C/C=C/C=C\C=C/C=C/CCCC(CC(=O)NC(CO)C(O)CCCCCCCCCCCC)OC(=O)CCCCCCCCCCCC. The minimum atomic E-state index is -0.803. The van der Waals surface area contributed by atoms with Crippen LogP contribution in [0.5, 0.6) is 0 Å². The molecular weight excluding hydrogens is 647 g/mol. The van der Waals surface area contributed by atoms with Gasteiger partial charge in [0.15, 0.2) is 0 Å². The van der Waals surface area contributed by atoms with Crippen LogP contribution in [0.3, 0.4) is 0 Å². The van der Waals surface area contributed by atoms with Gasteiger partial charge in [-0.05, 0) is 38.5 Å². The first-order chi connectivity index (χ1) is 25.5. The van der Waals surface area contributed by atoms with Crippen molar-refractivity contribution in [1.29, 1.82) is 0 Å². The van der Waals surface area contributed by atoms with E-state index in [1.165, 1.54) is 89.9 Å². The van der Waals surface area contributed by atoms with Crippen LogP contribution in [-0.2, 0) is 14.3 Å². The average Bonchev–Trinajstić information content (AvgIpc) is 3.13. The zero-order chi connectivity index (χ0) is 38.2. The average molecular weight is 728 g/mol. The van der Waals surface area contributed by atoms with Crippen LogP contribution in [0.2, 0.25) is 0 Å². The zero-order valence-electron chi connectivity index (χ0n) is 33.9. The van der Waals surface area contributed by atoms with Crippen molar-refractivity contribution in [2.45, 2.75) is 212 Å². The summed E-state index contributed by atoms with van der Waals surface area (Å²) in [6.07, 6.45) is 47.1. The molecule has 0 aromatic heterocycles. The number of carbonyl (C=O) groups is 2. The first-order valence-corrected chi connectivity index (χ1v) is 21.6. The number of hydrogen-bond donors (Lipinski definition) is 3. The number of unbranched alkanes of at least 4 members (excludes halogenated alkanes) is 19. The summed E-state index contributed by atoms with van der Waals surface area (Å²) in [5.74, 6) is -0.552. The molecule has 0 heterocycles. The minimum absolute atomic E-state index is 0.0284. The Labute approximate surface area is 320 Å². The van der Waals surface area contributed by atoms with E-state index in [4.69, 9.17) is 4.74 Å². The highest BCUT2D eigenvalue weighted by atomic mass is 16.5. The van der Waals surface area contributed by atoms with E-state index in [2.05, 4.69) is 38.2 Å². The molecule has 300 valence electrons.